The SMILES string of the molecule is CC[C@@H](CCCCCn1ccnc1)CCC(C)(C)C. The Balaban J connectivity index is 2.05. The van der Waals surface area contributed by atoms with Gasteiger partial charge in [0, 0.05) is 18.9 Å². The van der Waals surface area contributed by atoms with Gasteiger partial charge in [-0.1, -0.05) is 53.4 Å². The lowest BCUT2D eigenvalue weighted by Crippen LogP contribution is -2.09. The van der Waals surface area contributed by atoms with Crippen molar-refractivity contribution < 1.29 is 0 Å². The van der Waals surface area contributed by atoms with Crippen LogP contribution in [0.3, 0.4) is 0 Å². The van der Waals surface area contributed by atoms with E-state index in [1.807, 2.05) is 12.5 Å². The van der Waals surface area contributed by atoms with E-state index >= 15 is 0 Å². The van der Waals surface area contributed by atoms with Crippen LogP contribution in [-0.2, 0) is 6.54 Å². The first-order valence-electron chi connectivity index (χ1n) is 7.97. The Morgan fingerprint density at radius 3 is 2.47 bits per heavy atom. The van der Waals surface area contributed by atoms with Gasteiger partial charge in [-0.25, -0.2) is 4.98 Å². The first kappa shape index (κ1) is 16.3. The second-order valence-electron chi connectivity index (χ2n) is 7.02. The Labute approximate surface area is 119 Å². The van der Waals surface area contributed by atoms with Crippen LogP contribution in [0.25, 0.3) is 0 Å². The maximum atomic E-state index is 4.07. The van der Waals surface area contributed by atoms with Crippen molar-refractivity contribution in [1.82, 2.24) is 9.55 Å². The van der Waals surface area contributed by atoms with Crippen molar-refractivity contribution in [1.29, 1.82) is 0 Å². The van der Waals surface area contributed by atoms with Gasteiger partial charge in [-0.3, -0.25) is 0 Å². The standard InChI is InChI=1S/C17H32N2/c1-5-16(10-11-17(2,3)4)9-7-6-8-13-19-14-12-18-15-19/h12,14-16H,5-11,13H2,1-4H3/t16-/m0/s1. The zero-order valence-electron chi connectivity index (χ0n) is 13.4. The highest BCUT2D eigenvalue weighted by molar-refractivity contribution is 4.73. The van der Waals surface area contributed by atoms with Gasteiger partial charge in [0.2, 0.25) is 0 Å². The lowest BCUT2D eigenvalue weighted by atomic mass is 9.84. The molecule has 0 N–H and O–H groups in total. The number of aromatic nitrogens is 2. The molecule has 0 amide bonds. The van der Waals surface area contributed by atoms with Crippen molar-refractivity contribution >= 4 is 0 Å². The fourth-order valence-electron chi connectivity index (χ4n) is 2.51. The molecule has 110 valence electrons. The van der Waals surface area contributed by atoms with Gasteiger partial charge in [-0.15, -0.1) is 0 Å². The molecule has 2 heteroatoms. The van der Waals surface area contributed by atoms with E-state index in [4.69, 9.17) is 0 Å². The molecule has 0 radical (unpaired) electrons. The van der Waals surface area contributed by atoms with Gasteiger partial charge in [0.25, 0.3) is 0 Å². The molecule has 0 bridgehead atoms. The van der Waals surface area contributed by atoms with Crippen LogP contribution in [0.4, 0.5) is 0 Å². The van der Waals surface area contributed by atoms with Gasteiger partial charge < -0.3 is 4.57 Å². The summed E-state index contributed by atoms with van der Waals surface area (Å²) < 4.78 is 2.18. The molecule has 1 atom stereocenters. The monoisotopic (exact) mass is 264 g/mol. The van der Waals surface area contributed by atoms with Gasteiger partial charge in [0.15, 0.2) is 0 Å². The third kappa shape index (κ3) is 8.07. The van der Waals surface area contributed by atoms with Crippen LogP contribution >= 0.6 is 0 Å². The number of unbranched alkanes of at least 4 members (excludes halogenated alkanes) is 2. The maximum Gasteiger partial charge on any atom is 0.0945 e. The van der Waals surface area contributed by atoms with E-state index in [1.54, 1.807) is 0 Å². The minimum absolute atomic E-state index is 0.495. The van der Waals surface area contributed by atoms with Crippen LogP contribution in [0.15, 0.2) is 18.7 Å². The molecule has 19 heavy (non-hydrogen) atoms. The Bertz CT molecular complexity index is 309. The first-order valence-corrected chi connectivity index (χ1v) is 7.97. The number of imidazole rings is 1. The van der Waals surface area contributed by atoms with Crippen LogP contribution < -0.4 is 0 Å². The number of nitrogens with zero attached hydrogens (tertiary/aromatic N) is 2. The van der Waals surface area contributed by atoms with Gasteiger partial charge >= 0.3 is 0 Å². The lowest BCUT2D eigenvalue weighted by molar-refractivity contribution is 0.303. The van der Waals surface area contributed by atoms with Crippen molar-refractivity contribution in [3.63, 3.8) is 0 Å². The van der Waals surface area contributed by atoms with E-state index < -0.39 is 0 Å². The summed E-state index contributed by atoms with van der Waals surface area (Å²) in [6.45, 7) is 10.5. The summed E-state index contributed by atoms with van der Waals surface area (Å²) >= 11 is 0. The highest BCUT2D eigenvalue weighted by Crippen LogP contribution is 2.27. The van der Waals surface area contributed by atoms with Crippen molar-refractivity contribution in [3.05, 3.63) is 18.7 Å². The molecule has 0 aromatic carbocycles. The molecule has 1 rings (SSSR count). The second-order valence-corrected chi connectivity index (χ2v) is 7.02. The molecule has 1 heterocycles. The number of rotatable bonds is 9. The van der Waals surface area contributed by atoms with Crippen LogP contribution in [0.2, 0.25) is 0 Å². The molecule has 1 aromatic rings. The predicted molar refractivity (Wildman–Crippen MR) is 83.2 cm³/mol. The Morgan fingerprint density at radius 2 is 1.89 bits per heavy atom. The van der Waals surface area contributed by atoms with Crippen molar-refractivity contribution in [2.75, 3.05) is 0 Å². The summed E-state index contributed by atoms with van der Waals surface area (Å²) in [5.41, 5.74) is 0.495. The molecule has 0 saturated carbocycles. The number of hydrogen-bond donors (Lipinski definition) is 0. The van der Waals surface area contributed by atoms with Gasteiger partial charge in [0.05, 0.1) is 6.33 Å². The normalized spacial score (nSPS) is 13.7. The van der Waals surface area contributed by atoms with Gasteiger partial charge in [-0.05, 0) is 30.6 Å². The lowest BCUT2D eigenvalue weighted by Gasteiger charge is -2.22. The molecular formula is C17H32N2. The molecule has 0 saturated heterocycles. The topological polar surface area (TPSA) is 17.8 Å². The summed E-state index contributed by atoms with van der Waals surface area (Å²) in [6, 6.07) is 0. The van der Waals surface area contributed by atoms with E-state index in [0.717, 1.165) is 12.5 Å². The largest absolute Gasteiger partial charge is 0.337 e. The molecule has 0 aliphatic heterocycles. The zero-order chi connectivity index (χ0) is 14.1. The molecule has 1 aromatic heterocycles. The molecule has 0 fully saturated rings. The molecule has 0 spiro atoms. The Kier molecular flexibility index (Phi) is 7.19. The molecule has 0 unspecified atom stereocenters. The van der Waals surface area contributed by atoms with Crippen LogP contribution in [0, 0.1) is 11.3 Å². The molecule has 0 aliphatic rings. The number of aryl methyl sites for hydroxylation is 1. The fraction of sp³-hybridized carbons (Fsp3) is 0.824. The predicted octanol–water partition coefficient (Wildman–Crippen LogP) is 5.30. The van der Waals surface area contributed by atoms with Crippen LogP contribution in [0.1, 0.15) is 72.6 Å². The van der Waals surface area contributed by atoms with Crippen LogP contribution in [0.5, 0.6) is 0 Å². The quantitative estimate of drug-likeness (QED) is 0.554. The fourth-order valence-corrected chi connectivity index (χ4v) is 2.51. The highest BCUT2D eigenvalue weighted by atomic mass is 15.0. The summed E-state index contributed by atoms with van der Waals surface area (Å²) in [5, 5.41) is 0. The third-order valence-corrected chi connectivity index (χ3v) is 3.97. The number of hydrogen-bond acceptors (Lipinski definition) is 1. The van der Waals surface area contributed by atoms with E-state index in [1.165, 1.54) is 44.9 Å². The van der Waals surface area contributed by atoms with E-state index in [2.05, 4.69) is 43.4 Å². The Hall–Kier alpha value is -0.790. The van der Waals surface area contributed by atoms with Gasteiger partial charge in [0.1, 0.15) is 0 Å². The van der Waals surface area contributed by atoms with E-state index in [0.29, 0.717) is 5.41 Å². The highest BCUT2D eigenvalue weighted by Gasteiger charge is 2.13. The van der Waals surface area contributed by atoms with Gasteiger partial charge in [-0.2, -0.15) is 0 Å². The summed E-state index contributed by atoms with van der Waals surface area (Å²) in [6.07, 6.45) is 15.4. The summed E-state index contributed by atoms with van der Waals surface area (Å²) in [4.78, 5) is 4.07. The Morgan fingerprint density at radius 1 is 1.11 bits per heavy atom. The third-order valence-electron chi connectivity index (χ3n) is 3.97. The maximum absolute atomic E-state index is 4.07. The minimum Gasteiger partial charge on any atom is -0.337 e. The van der Waals surface area contributed by atoms with E-state index in [-0.39, 0.29) is 0 Å². The first-order chi connectivity index (χ1) is 9.01. The molecule has 0 aliphatic carbocycles. The molecule has 2 nitrogen and oxygen atoms in total. The van der Waals surface area contributed by atoms with Crippen molar-refractivity contribution in [2.45, 2.75) is 79.2 Å². The van der Waals surface area contributed by atoms with Crippen molar-refractivity contribution in [2.24, 2.45) is 11.3 Å². The smallest absolute Gasteiger partial charge is 0.0945 e. The molecular weight excluding hydrogens is 232 g/mol. The zero-order valence-corrected chi connectivity index (χ0v) is 13.4. The average Bonchev–Trinajstić information content (AvgIpc) is 2.84. The average molecular weight is 264 g/mol. The minimum atomic E-state index is 0.495. The van der Waals surface area contributed by atoms with E-state index in [9.17, 15) is 0 Å². The van der Waals surface area contributed by atoms with Crippen molar-refractivity contribution in [3.8, 4) is 0 Å². The second kappa shape index (κ2) is 8.39. The summed E-state index contributed by atoms with van der Waals surface area (Å²) in [7, 11) is 0. The van der Waals surface area contributed by atoms with Crippen LogP contribution in [-0.4, -0.2) is 9.55 Å². The summed E-state index contributed by atoms with van der Waals surface area (Å²) in [5.74, 6) is 0.937.